The maximum atomic E-state index is 14.1. The summed E-state index contributed by atoms with van der Waals surface area (Å²) < 4.78 is 15.3. The van der Waals surface area contributed by atoms with E-state index in [0.29, 0.717) is 65.3 Å². The minimum absolute atomic E-state index is 0.0750. The number of fused-ring (bicyclic) bond motifs is 3. The first kappa shape index (κ1) is 51.0. The summed E-state index contributed by atoms with van der Waals surface area (Å²) in [4.78, 5) is 79.7. The lowest BCUT2D eigenvalue weighted by Crippen LogP contribution is -2.39. The van der Waals surface area contributed by atoms with Gasteiger partial charge in [-0.3, -0.25) is 39.4 Å². The Morgan fingerprint density at radius 1 is 0.867 bits per heavy atom. The summed E-state index contributed by atoms with van der Waals surface area (Å²) in [6, 6.07) is 29.0. The number of rotatable bonds is 14. The number of imide groups is 1. The van der Waals surface area contributed by atoms with Crippen molar-refractivity contribution in [1.82, 2.24) is 30.0 Å². The molecule has 0 spiro atoms. The maximum absolute atomic E-state index is 14.1. The Bertz CT molecular complexity index is 3320. The molecule has 6 heterocycles. The number of hydrogen-bond donors (Lipinski definition) is 3. The van der Waals surface area contributed by atoms with Gasteiger partial charge in [0.1, 0.15) is 17.2 Å². The zero-order valence-electron chi connectivity index (χ0n) is 43.3. The molecule has 3 aromatic heterocycles. The normalized spacial score (nSPS) is 16.9. The molecule has 0 aliphatic carbocycles. The number of thiazole rings is 1. The number of nitrogens with one attached hydrogen (secondary N) is 3. The van der Waals surface area contributed by atoms with Gasteiger partial charge in [0.2, 0.25) is 17.7 Å². The number of carbonyl (C=O) groups is 5. The van der Waals surface area contributed by atoms with E-state index in [2.05, 4.69) is 48.8 Å². The van der Waals surface area contributed by atoms with E-state index in [-0.39, 0.29) is 48.4 Å². The van der Waals surface area contributed by atoms with Crippen molar-refractivity contribution in [2.24, 2.45) is 13.0 Å². The van der Waals surface area contributed by atoms with Gasteiger partial charge in [0.25, 0.3) is 5.91 Å². The number of ether oxygens (including phenoxy) is 2. The van der Waals surface area contributed by atoms with E-state index >= 15 is 0 Å². The molecule has 2 atom stereocenters. The van der Waals surface area contributed by atoms with Gasteiger partial charge in [-0.1, -0.05) is 59.9 Å². The summed E-state index contributed by atoms with van der Waals surface area (Å²) in [6.07, 6.45) is 5.08. The second-order valence-electron chi connectivity index (χ2n) is 21.0. The molecule has 16 nitrogen and oxygen atoms in total. The Balaban J connectivity index is 0.762. The average Bonchev–Trinajstić information content (AvgIpc) is 3.98. The molecular weight excluding hydrogens is 967 g/mol. The molecule has 0 bridgehead atoms. The van der Waals surface area contributed by atoms with Crippen LogP contribution >= 0.6 is 11.3 Å². The first-order chi connectivity index (χ1) is 36.0. The molecule has 388 valence electrons. The summed E-state index contributed by atoms with van der Waals surface area (Å²) in [6.45, 7) is 12.6. The lowest BCUT2D eigenvalue weighted by atomic mass is 9.91. The predicted molar refractivity (Wildman–Crippen MR) is 291 cm³/mol. The van der Waals surface area contributed by atoms with Gasteiger partial charge < -0.3 is 19.7 Å². The highest BCUT2D eigenvalue weighted by Crippen LogP contribution is 2.37. The van der Waals surface area contributed by atoms with E-state index in [9.17, 15) is 24.0 Å². The van der Waals surface area contributed by atoms with Crippen molar-refractivity contribution >= 4 is 78.7 Å². The highest BCUT2D eigenvalue weighted by Gasteiger charge is 2.33. The van der Waals surface area contributed by atoms with Crippen LogP contribution in [0.1, 0.15) is 115 Å². The van der Waals surface area contributed by atoms with Crippen molar-refractivity contribution < 1.29 is 33.4 Å². The number of anilines is 3. The number of nitrogens with zero attached hydrogens (tertiary/aromatic N) is 6. The van der Waals surface area contributed by atoms with Crippen LogP contribution in [0.15, 0.2) is 91.0 Å². The number of para-hydroxylation sites is 2. The Labute approximate surface area is 440 Å². The Kier molecular flexibility index (Phi) is 14.5. The molecule has 3 aliphatic rings. The highest BCUT2D eigenvalue weighted by atomic mass is 32.1. The third kappa shape index (κ3) is 11.3. The lowest BCUT2D eigenvalue weighted by Gasteiger charge is -2.32. The fourth-order valence-corrected chi connectivity index (χ4v) is 11.5. The topological polar surface area (TPSA) is 190 Å². The molecule has 7 aromatic rings. The van der Waals surface area contributed by atoms with Crippen LogP contribution < -0.4 is 25.6 Å². The van der Waals surface area contributed by atoms with Gasteiger partial charge in [0.15, 0.2) is 10.8 Å². The van der Waals surface area contributed by atoms with Crippen LogP contribution in [-0.4, -0.2) is 92.1 Å². The van der Waals surface area contributed by atoms with Gasteiger partial charge in [-0.25, -0.2) is 14.8 Å². The van der Waals surface area contributed by atoms with Gasteiger partial charge in [0.05, 0.1) is 45.7 Å². The fraction of sp³-hybridized carbons (Fsp3) is 0.379. The number of likely N-dealkylation sites (tertiary alicyclic amines) is 1. The molecule has 0 radical (unpaired) electrons. The van der Waals surface area contributed by atoms with E-state index in [4.69, 9.17) is 14.5 Å². The van der Waals surface area contributed by atoms with Crippen molar-refractivity contribution in [1.29, 1.82) is 0 Å². The van der Waals surface area contributed by atoms with Crippen LogP contribution in [0.5, 0.6) is 5.75 Å². The number of carbonyl (C=O) groups excluding carboxylic acids is 5. The molecule has 2 saturated heterocycles. The zero-order chi connectivity index (χ0) is 52.5. The van der Waals surface area contributed by atoms with E-state index in [1.54, 1.807) is 11.7 Å². The smallest absolute Gasteiger partial charge is 0.358 e. The Hall–Kier alpha value is -7.50. The molecule has 4 aromatic carbocycles. The predicted octanol–water partition coefficient (Wildman–Crippen LogP) is 9.74. The van der Waals surface area contributed by atoms with Crippen molar-refractivity contribution in [3.8, 4) is 16.9 Å². The molecule has 3 N–H and O–H groups in total. The second-order valence-corrected chi connectivity index (χ2v) is 22.1. The number of aryl methyl sites for hydroxylation is 1. The van der Waals surface area contributed by atoms with Gasteiger partial charge in [-0.05, 0) is 157 Å². The molecule has 1 unspecified atom stereocenters. The lowest BCUT2D eigenvalue weighted by molar-refractivity contribution is -0.134. The van der Waals surface area contributed by atoms with Crippen molar-refractivity contribution in [2.75, 3.05) is 41.7 Å². The Morgan fingerprint density at radius 3 is 2.44 bits per heavy atom. The standard InChI is InChI=1S/C58H63N9O7S/c1-34(20-21-36-26-29-66(30-27-36)33-50(69)59-45-17-10-15-41-51(64-65(6)53(41)45)42-23-25-49(68)62-55(42)71)73-46-18-11-13-38(35(46)2)39-22-24-48(61-52(39)56(72)74-58(3,4)5)67-31-28-37-12-9-14-40(43(37)32-67)54(70)63-57-60-44-16-7-8-19-47(44)75-57/h7-19,22,24,34,36,42H,20-21,23,25-33H2,1-6H3,(H,59,69)(H,60,63,70)(H,62,68,71)/t34-,42?/m0/s1. The number of esters is 1. The SMILES string of the molecule is Cc1c(O[C@@H](C)CCC2CCN(CC(=O)Nc3cccc4c(C5CCC(=O)NC5=O)nn(C)c34)CC2)cccc1-c1ccc(N2CCc3cccc(C(=O)Nc4nc5ccccc5s4)c3C2)nc1C(=O)OC(C)(C)C. The highest BCUT2D eigenvalue weighted by molar-refractivity contribution is 7.22. The number of piperidine rings is 2. The number of pyridine rings is 1. The first-order valence-corrected chi connectivity index (χ1v) is 26.7. The number of aromatic nitrogens is 4. The largest absolute Gasteiger partial charge is 0.490 e. The van der Waals surface area contributed by atoms with Gasteiger partial charge in [-0.2, -0.15) is 5.10 Å². The third-order valence-corrected chi connectivity index (χ3v) is 15.5. The maximum Gasteiger partial charge on any atom is 0.358 e. The van der Waals surface area contributed by atoms with E-state index in [1.807, 2.05) is 113 Å². The summed E-state index contributed by atoms with van der Waals surface area (Å²) in [7, 11) is 1.80. The monoisotopic (exact) mass is 1030 g/mol. The summed E-state index contributed by atoms with van der Waals surface area (Å²) >= 11 is 1.44. The van der Waals surface area contributed by atoms with Crippen LogP contribution in [0, 0.1) is 12.8 Å². The summed E-state index contributed by atoms with van der Waals surface area (Å²) in [5.41, 5.74) is 7.21. The van der Waals surface area contributed by atoms with Crippen LogP contribution in [0.25, 0.3) is 32.2 Å². The third-order valence-electron chi connectivity index (χ3n) is 14.5. The number of hydrogen-bond acceptors (Lipinski definition) is 13. The van der Waals surface area contributed by atoms with Crippen molar-refractivity contribution in [3.05, 3.63) is 125 Å². The average molecular weight is 1030 g/mol. The van der Waals surface area contributed by atoms with Crippen molar-refractivity contribution in [2.45, 2.75) is 104 Å². The molecule has 10 rings (SSSR count). The Morgan fingerprint density at radius 2 is 1.65 bits per heavy atom. The van der Waals surface area contributed by atoms with Crippen LogP contribution in [-0.2, 0) is 39.1 Å². The number of benzene rings is 4. The fourth-order valence-electron chi connectivity index (χ4n) is 10.7. The molecule has 17 heteroatoms. The van der Waals surface area contributed by atoms with Gasteiger partial charge in [0, 0.05) is 43.1 Å². The quantitative estimate of drug-likeness (QED) is 0.0692. The van der Waals surface area contributed by atoms with E-state index in [1.165, 1.54) is 11.3 Å². The minimum atomic E-state index is -0.757. The second kappa shape index (κ2) is 21.4. The van der Waals surface area contributed by atoms with E-state index in [0.717, 1.165) is 87.9 Å². The van der Waals surface area contributed by atoms with Gasteiger partial charge in [-0.15, -0.1) is 0 Å². The van der Waals surface area contributed by atoms with Crippen LogP contribution in [0.3, 0.4) is 0 Å². The molecule has 0 saturated carbocycles. The van der Waals surface area contributed by atoms with Crippen LogP contribution in [0.4, 0.5) is 16.6 Å². The molecular formula is C58H63N9O7S. The van der Waals surface area contributed by atoms with Gasteiger partial charge >= 0.3 is 5.97 Å². The molecule has 4 amide bonds. The first-order valence-electron chi connectivity index (χ1n) is 25.9. The van der Waals surface area contributed by atoms with Crippen molar-refractivity contribution in [3.63, 3.8) is 0 Å². The van der Waals surface area contributed by atoms with E-state index < -0.39 is 17.5 Å². The number of amides is 4. The molecule has 2 fully saturated rings. The zero-order valence-corrected chi connectivity index (χ0v) is 44.1. The molecule has 75 heavy (non-hydrogen) atoms. The molecule has 3 aliphatic heterocycles. The summed E-state index contributed by atoms with van der Waals surface area (Å²) in [5, 5.41) is 14.5. The summed E-state index contributed by atoms with van der Waals surface area (Å²) in [5.74, 6) is -0.154. The minimum Gasteiger partial charge on any atom is -0.490 e. The van der Waals surface area contributed by atoms with Crippen LogP contribution in [0.2, 0.25) is 0 Å².